The maximum atomic E-state index is 12.7. The Bertz CT molecular complexity index is 780. The summed E-state index contributed by atoms with van der Waals surface area (Å²) < 4.78 is 5.40. The fraction of sp³-hybridized carbons (Fsp3) is 0.364. The molecule has 3 rings (SSSR count). The summed E-state index contributed by atoms with van der Waals surface area (Å²) in [6, 6.07) is 14.3. The number of benzene rings is 2. The van der Waals surface area contributed by atoms with Crippen LogP contribution in [0.5, 0.6) is 5.75 Å². The minimum atomic E-state index is -0.254. The van der Waals surface area contributed by atoms with E-state index in [0.29, 0.717) is 23.4 Å². The third-order valence-corrected chi connectivity index (χ3v) is 4.79. The van der Waals surface area contributed by atoms with Crippen LogP contribution in [0, 0.1) is 0 Å². The molecule has 2 aromatic rings. The van der Waals surface area contributed by atoms with Crippen molar-refractivity contribution in [3.05, 3.63) is 59.7 Å². The third-order valence-electron chi connectivity index (χ3n) is 4.79. The highest BCUT2D eigenvalue weighted by atomic mass is 16.5. The van der Waals surface area contributed by atoms with Crippen LogP contribution in [0.4, 0.5) is 5.69 Å². The minimum absolute atomic E-state index is 0.135. The maximum Gasteiger partial charge on any atom is 0.255 e. The number of hydrogen-bond donors (Lipinski definition) is 2. The molecular formula is C22H26N2O3. The average molecular weight is 366 g/mol. The van der Waals surface area contributed by atoms with Gasteiger partial charge < -0.3 is 15.4 Å². The van der Waals surface area contributed by atoms with E-state index in [1.807, 2.05) is 19.1 Å². The summed E-state index contributed by atoms with van der Waals surface area (Å²) in [6.45, 7) is 2.49. The zero-order chi connectivity index (χ0) is 19.1. The van der Waals surface area contributed by atoms with Crippen molar-refractivity contribution < 1.29 is 14.3 Å². The van der Waals surface area contributed by atoms with E-state index in [1.165, 1.54) is 6.42 Å². The number of rotatable bonds is 6. The van der Waals surface area contributed by atoms with Crippen LogP contribution in [0.1, 0.15) is 59.7 Å². The first-order chi connectivity index (χ1) is 13.2. The van der Waals surface area contributed by atoms with Crippen molar-refractivity contribution in [3.63, 3.8) is 0 Å². The van der Waals surface area contributed by atoms with Crippen molar-refractivity contribution in [2.75, 3.05) is 11.9 Å². The molecule has 0 spiro atoms. The van der Waals surface area contributed by atoms with E-state index in [4.69, 9.17) is 4.74 Å². The molecule has 0 aromatic heterocycles. The second-order valence-electron chi connectivity index (χ2n) is 6.77. The molecular weight excluding hydrogens is 340 g/mol. The van der Waals surface area contributed by atoms with Crippen LogP contribution < -0.4 is 15.4 Å². The summed E-state index contributed by atoms with van der Waals surface area (Å²) in [7, 11) is 0. The molecule has 1 saturated carbocycles. The lowest BCUT2D eigenvalue weighted by Crippen LogP contribution is -2.36. The van der Waals surface area contributed by atoms with Crippen molar-refractivity contribution in [1.82, 2.24) is 5.32 Å². The molecule has 0 atom stereocenters. The van der Waals surface area contributed by atoms with Gasteiger partial charge in [0.25, 0.3) is 11.8 Å². The number of carbonyl (C=O) groups is 2. The summed E-state index contributed by atoms with van der Waals surface area (Å²) >= 11 is 0. The van der Waals surface area contributed by atoms with E-state index in [-0.39, 0.29) is 17.9 Å². The van der Waals surface area contributed by atoms with Gasteiger partial charge in [0.05, 0.1) is 17.9 Å². The van der Waals surface area contributed by atoms with Gasteiger partial charge in [-0.1, -0.05) is 31.4 Å². The molecule has 2 amide bonds. The maximum absolute atomic E-state index is 12.7. The number of ether oxygens (including phenoxy) is 1. The quantitative estimate of drug-likeness (QED) is 0.796. The molecule has 0 unspecified atom stereocenters. The van der Waals surface area contributed by atoms with Gasteiger partial charge in [-0.3, -0.25) is 9.59 Å². The SMILES string of the molecule is CCOc1ccc(C(=O)Nc2ccccc2C(=O)NC2CCCCC2)cc1. The predicted octanol–water partition coefficient (Wildman–Crippen LogP) is 4.40. The number of para-hydroxylation sites is 1. The smallest absolute Gasteiger partial charge is 0.255 e. The van der Waals surface area contributed by atoms with Gasteiger partial charge in [-0.25, -0.2) is 0 Å². The Labute approximate surface area is 160 Å². The number of carbonyl (C=O) groups excluding carboxylic acids is 2. The van der Waals surface area contributed by atoms with Crippen molar-refractivity contribution in [2.45, 2.75) is 45.1 Å². The van der Waals surface area contributed by atoms with Crippen LogP contribution in [-0.4, -0.2) is 24.5 Å². The lowest BCUT2D eigenvalue weighted by molar-refractivity contribution is 0.0928. The molecule has 2 aromatic carbocycles. The Hall–Kier alpha value is -2.82. The monoisotopic (exact) mass is 366 g/mol. The summed E-state index contributed by atoms with van der Waals surface area (Å²) in [4.78, 5) is 25.3. The van der Waals surface area contributed by atoms with E-state index in [9.17, 15) is 9.59 Å². The predicted molar refractivity (Wildman–Crippen MR) is 106 cm³/mol. The van der Waals surface area contributed by atoms with E-state index in [0.717, 1.165) is 31.4 Å². The molecule has 2 N–H and O–H groups in total. The van der Waals surface area contributed by atoms with Gasteiger partial charge in [-0.2, -0.15) is 0 Å². The zero-order valence-corrected chi connectivity index (χ0v) is 15.7. The largest absolute Gasteiger partial charge is 0.494 e. The molecule has 0 radical (unpaired) electrons. The number of amides is 2. The minimum Gasteiger partial charge on any atom is -0.494 e. The van der Waals surface area contributed by atoms with Crippen molar-refractivity contribution in [1.29, 1.82) is 0 Å². The second-order valence-corrected chi connectivity index (χ2v) is 6.77. The number of nitrogens with one attached hydrogen (secondary N) is 2. The molecule has 142 valence electrons. The summed E-state index contributed by atoms with van der Waals surface area (Å²) in [5, 5.41) is 5.96. The van der Waals surface area contributed by atoms with Crippen LogP contribution in [0.15, 0.2) is 48.5 Å². The highest BCUT2D eigenvalue weighted by molar-refractivity contribution is 6.09. The second kappa shape index (κ2) is 9.21. The summed E-state index contributed by atoms with van der Waals surface area (Å²) in [5.41, 5.74) is 1.52. The fourth-order valence-electron chi connectivity index (χ4n) is 3.36. The van der Waals surface area contributed by atoms with E-state index in [1.54, 1.807) is 36.4 Å². The number of anilines is 1. The highest BCUT2D eigenvalue weighted by Crippen LogP contribution is 2.21. The van der Waals surface area contributed by atoms with Gasteiger partial charge in [0, 0.05) is 11.6 Å². The standard InChI is InChI=1S/C22H26N2O3/c1-2-27-18-14-12-16(13-15-18)21(25)24-20-11-7-6-10-19(20)22(26)23-17-8-4-3-5-9-17/h6-7,10-15,17H,2-5,8-9H2,1H3,(H,23,26)(H,24,25). The van der Waals surface area contributed by atoms with Crippen LogP contribution in [0.25, 0.3) is 0 Å². The topological polar surface area (TPSA) is 67.4 Å². The Kier molecular flexibility index (Phi) is 6.47. The molecule has 0 saturated heterocycles. The van der Waals surface area contributed by atoms with Crippen molar-refractivity contribution in [3.8, 4) is 5.75 Å². The highest BCUT2D eigenvalue weighted by Gasteiger charge is 2.19. The van der Waals surface area contributed by atoms with E-state index >= 15 is 0 Å². The fourth-order valence-corrected chi connectivity index (χ4v) is 3.36. The molecule has 1 aliphatic carbocycles. The molecule has 5 heteroatoms. The van der Waals surface area contributed by atoms with Crippen molar-refractivity contribution in [2.24, 2.45) is 0 Å². The van der Waals surface area contributed by atoms with Crippen LogP contribution in [0.2, 0.25) is 0 Å². The molecule has 1 fully saturated rings. The average Bonchev–Trinajstić information content (AvgIpc) is 2.70. The molecule has 0 bridgehead atoms. The van der Waals surface area contributed by atoms with Crippen LogP contribution in [-0.2, 0) is 0 Å². The van der Waals surface area contributed by atoms with Gasteiger partial charge >= 0.3 is 0 Å². The van der Waals surface area contributed by atoms with Gasteiger partial charge in [-0.05, 0) is 56.2 Å². The molecule has 27 heavy (non-hydrogen) atoms. The van der Waals surface area contributed by atoms with E-state index < -0.39 is 0 Å². The van der Waals surface area contributed by atoms with Gasteiger partial charge in [0.15, 0.2) is 0 Å². The van der Waals surface area contributed by atoms with E-state index in [2.05, 4.69) is 10.6 Å². The zero-order valence-electron chi connectivity index (χ0n) is 15.7. The molecule has 0 heterocycles. The Morgan fingerprint density at radius 2 is 1.67 bits per heavy atom. The Balaban J connectivity index is 1.69. The molecule has 5 nitrogen and oxygen atoms in total. The van der Waals surface area contributed by atoms with Gasteiger partial charge in [0.2, 0.25) is 0 Å². The lowest BCUT2D eigenvalue weighted by atomic mass is 9.95. The lowest BCUT2D eigenvalue weighted by Gasteiger charge is -2.23. The first-order valence-electron chi connectivity index (χ1n) is 9.61. The van der Waals surface area contributed by atoms with Crippen LogP contribution in [0.3, 0.4) is 0 Å². The first kappa shape index (κ1) is 19.0. The number of hydrogen-bond acceptors (Lipinski definition) is 3. The first-order valence-corrected chi connectivity index (χ1v) is 9.61. The molecule has 1 aliphatic rings. The van der Waals surface area contributed by atoms with Crippen molar-refractivity contribution >= 4 is 17.5 Å². The summed E-state index contributed by atoms with van der Waals surface area (Å²) in [5.74, 6) is 0.335. The third kappa shape index (κ3) is 5.09. The molecule has 0 aliphatic heterocycles. The van der Waals surface area contributed by atoms with Gasteiger partial charge in [0.1, 0.15) is 5.75 Å². The summed E-state index contributed by atoms with van der Waals surface area (Å²) in [6.07, 6.45) is 5.59. The normalized spacial score (nSPS) is 14.4. The Morgan fingerprint density at radius 1 is 0.963 bits per heavy atom. The van der Waals surface area contributed by atoms with Gasteiger partial charge in [-0.15, -0.1) is 0 Å². The van der Waals surface area contributed by atoms with Crippen LogP contribution >= 0.6 is 0 Å². The Morgan fingerprint density at radius 3 is 2.37 bits per heavy atom.